The Labute approximate surface area is 147 Å². The zero-order chi connectivity index (χ0) is 17.8. The number of piperidine rings is 1. The Morgan fingerprint density at radius 1 is 1.28 bits per heavy atom. The lowest BCUT2D eigenvalue weighted by Gasteiger charge is -2.39. The van der Waals surface area contributed by atoms with Crippen molar-refractivity contribution in [2.75, 3.05) is 6.54 Å². The van der Waals surface area contributed by atoms with E-state index in [1.165, 1.54) is 12.1 Å². The van der Waals surface area contributed by atoms with Gasteiger partial charge in [0.15, 0.2) is 0 Å². The first kappa shape index (κ1) is 17.5. The van der Waals surface area contributed by atoms with Gasteiger partial charge in [-0.1, -0.05) is 12.1 Å². The minimum atomic E-state index is -0.554. The highest BCUT2D eigenvalue weighted by Gasteiger charge is 2.33. The number of likely N-dealkylation sites (tertiary alicyclic amines) is 1. The molecular formula is C20H23FN2O2. The molecule has 25 heavy (non-hydrogen) atoms. The van der Waals surface area contributed by atoms with Crippen LogP contribution in [0, 0.1) is 12.7 Å². The first-order valence-electron chi connectivity index (χ1n) is 8.66. The number of carbonyl (C=O) groups is 1. The van der Waals surface area contributed by atoms with E-state index in [9.17, 15) is 14.3 Å². The molecule has 0 bridgehead atoms. The van der Waals surface area contributed by atoms with E-state index in [-0.39, 0.29) is 17.8 Å². The average Bonchev–Trinajstić information content (AvgIpc) is 2.58. The number of aliphatic hydroxyl groups is 1. The third-order valence-electron chi connectivity index (χ3n) is 4.74. The fraction of sp³-hybridized carbons (Fsp3) is 0.400. The van der Waals surface area contributed by atoms with Crippen LogP contribution in [0.5, 0.6) is 0 Å². The molecule has 0 spiro atoms. The SMILES string of the molecule is Cc1cc(CC(=O)N2CCC[C@H](O)[C@@H]2Cc2ccc(F)cc2)ccn1. The van der Waals surface area contributed by atoms with Crippen LogP contribution in [-0.4, -0.2) is 39.6 Å². The molecule has 1 saturated heterocycles. The molecule has 1 amide bonds. The van der Waals surface area contributed by atoms with Crippen LogP contribution in [0.4, 0.5) is 4.39 Å². The zero-order valence-electron chi connectivity index (χ0n) is 14.4. The summed E-state index contributed by atoms with van der Waals surface area (Å²) < 4.78 is 13.1. The number of rotatable bonds is 4. The van der Waals surface area contributed by atoms with E-state index in [2.05, 4.69) is 4.98 Å². The topological polar surface area (TPSA) is 53.4 Å². The second-order valence-electron chi connectivity index (χ2n) is 6.68. The number of aryl methyl sites for hydroxylation is 1. The Morgan fingerprint density at radius 3 is 2.76 bits per heavy atom. The predicted octanol–water partition coefficient (Wildman–Crippen LogP) is 2.67. The Morgan fingerprint density at radius 2 is 2.04 bits per heavy atom. The van der Waals surface area contributed by atoms with Gasteiger partial charge >= 0.3 is 0 Å². The number of benzene rings is 1. The van der Waals surface area contributed by atoms with E-state index in [0.29, 0.717) is 25.8 Å². The summed E-state index contributed by atoms with van der Waals surface area (Å²) in [5.74, 6) is -0.273. The summed E-state index contributed by atoms with van der Waals surface area (Å²) >= 11 is 0. The van der Waals surface area contributed by atoms with Crippen LogP contribution in [-0.2, 0) is 17.6 Å². The van der Waals surface area contributed by atoms with Gasteiger partial charge in [0.2, 0.25) is 5.91 Å². The highest BCUT2D eigenvalue weighted by molar-refractivity contribution is 5.79. The van der Waals surface area contributed by atoms with E-state index >= 15 is 0 Å². The van der Waals surface area contributed by atoms with E-state index in [4.69, 9.17) is 0 Å². The third kappa shape index (κ3) is 4.42. The fourth-order valence-electron chi connectivity index (χ4n) is 3.44. The molecule has 3 rings (SSSR count). The normalized spacial score (nSPS) is 20.5. The van der Waals surface area contributed by atoms with Gasteiger partial charge < -0.3 is 10.0 Å². The molecule has 2 aromatic rings. The number of hydrogen-bond acceptors (Lipinski definition) is 3. The van der Waals surface area contributed by atoms with Crippen molar-refractivity contribution in [3.63, 3.8) is 0 Å². The Bertz CT molecular complexity index is 733. The highest BCUT2D eigenvalue weighted by Crippen LogP contribution is 2.23. The summed E-state index contributed by atoms with van der Waals surface area (Å²) in [5.41, 5.74) is 2.73. The minimum absolute atomic E-state index is 0.0106. The van der Waals surface area contributed by atoms with Gasteiger partial charge in [0.05, 0.1) is 18.6 Å². The number of aliphatic hydroxyl groups excluding tert-OH is 1. The molecule has 1 aromatic carbocycles. The van der Waals surface area contributed by atoms with Crippen molar-refractivity contribution in [2.45, 2.75) is 44.8 Å². The first-order chi connectivity index (χ1) is 12.0. The van der Waals surface area contributed by atoms with Crippen molar-refractivity contribution in [1.29, 1.82) is 0 Å². The summed E-state index contributed by atoms with van der Waals surface area (Å²) in [7, 11) is 0. The smallest absolute Gasteiger partial charge is 0.227 e. The van der Waals surface area contributed by atoms with Crippen LogP contribution >= 0.6 is 0 Å². The van der Waals surface area contributed by atoms with Gasteiger partial charge in [0.1, 0.15) is 5.82 Å². The molecule has 132 valence electrons. The number of hydrogen-bond donors (Lipinski definition) is 1. The van der Waals surface area contributed by atoms with E-state index in [1.54, 1.807) is 23.2 Å². The Hall–Kier alpha value is -2.27. The van der Waals surface area contributed by atoms with Crippen LogP contribution in [0.2, 0.25) is 0 Å². The number of carbonyl (C=O) groups excluding carboxylic acids is 1. The Kier molecular flexibility index (Phi) is 5.43. The molecule has 1 N–H and O–H groups in total. The van der Waals surface area contributed by atoms with Gasteiger partial charge in [-0.3, -0.25) is 9.78 Å². The van der Waals surface area contributed by atoms with Crippen molar-refractivity contribution in [3.8, 4) is 0 Å². The van der Waals surface area contributed by atoms with Gasteiger partial charge in [-0.25, -0.2) is 4.39 Å². The molecule has 0 saturated carbocycles. The molecule has 2 atom stereocenters. The molecule has 1 aliphatic rings. The van der Waals surface area contributed by atoms with Gasteiger partial charge in [-0.2, -0.15) is 0 Å². The highest BCUT2D eigenvalue weighted by atomic mass is 19.1. The van der Waals surface area contributed by atoms with Gasteiger partial charge in [0.25, 0.3) is 0 Å². The van der Waals surface area contributed by atoms with Crippen molar-refractivity contribution in [2.24, 2.45) is 0 Å². The quantitative estimate of drug-likeness (QED) is 0.929. The first-order valence-corrected chi connectivity index (χ1v) is 8.66. The predicted molar refractivity (Wildman–Crippen MR) is 93.5 cm³/mol. The lowest BCUT2D eigenvalue weighted by molar-refractivity contribution is -0.138. The van der Waals surface area contributed by atoms with E-state index < -0.39 is 6.10 Å². The summed E-state index contributed by atoms with van der Waals surface area (Å²) in [4.78, 5) is 18.8. The zero-order valence-corrected chi connectivity index (χ0v) is 14.4. The monoisotopic (exact) mass is 342 g/mol. The number of pyridine rings is 1. The molecule has 5 heteroatoms. The number of nitrogens with zero attached hydrogens (tertiary/aromatic N) is 2. The molecular weight excluding hydrogens is 319 g/mol. The molecule has 0 aliphatic carbocycles. The molecule has 0 unspecified atom stereocenters. The van der Waals surface area contributed by atoms with Crippen LogP contribution in [0.25, 0.3) is 0 Å². The van der Waals surface area contributed by atoms with Crippen molar-refractivity contribution < 1.29 is 14.3 Å². The van der Waals surface area contributed by atoms with Gasteiger partial charge in [-0.15, -0.1) is 0 Å². The lowest BCUT2D eigenvalue weighted by Crippen LogP contribution is -2.52. The lowest BCUT2D eigenvalue weighted by atomic mass is 9.92. The largest absolute Gasteiger partial charge is 0.391 e. The number of amides is 1. The fourth-order valence-corrected chi connectivity index (χ4v) is 3.44. The van der Waals surface area contributed by atoms with Crippen LogP contribution in [0.1, 0.15) is 29.7 Å². The van der Waals surface area contributed by atoms with Crippen LogP contribution in [0.3, 0.4) is 0 Å². The number of aromatic nitrogens is 1. The van der Waals surface area contributed by atoms with Crippen LogP contribution < -0.4 is 0 Å². The summed E-state index contributed by atoms with van der Waals surface area (Å²) in [6.07, 6.45) is 3.46. The Balaban J connectivity index is 1.74. The maximum atomic E-state index is 13.1. The maximum absolute atomic E-state index is 13.1. The van der Waals surface area contributed by atoms with Crippen molar-refractivity contribution in [1.82, 2.24) is 9.88 Å². The molecule has 0 radical (unpaired) electrons. The van der Waals surface area contributed by atoms with Gasteiger partial charge in [-0.05, 0) is 61.6 Å². The summed E-state index contributed by atoms with van der Waals surface area (Å²) in [5, 5.41) is 10.4. The van der Waals surface area contributed by atoms with Crippen molar-refractivity contribution in [3.05, 3.63) is 65.2 Å². The molecule has 1 fully saturated rings. The molecule has 1 aliphatic heterocycles. The van der Waals surface area contributed by atoms with Gasteiger partial charge in [0, 0.05) is 18.4 Å². The standard InChI is InChI=1S/C20H23FN2O2/c1-14-11-16(8-9-22-14)13-20(25)23-10-2-3-19(24)18(23)12-15-4-6-17(21)7-5-15/h4-9,11,18-19,24H,2-3,10,12-13H2,1H3/t18-,19-/m0/s1. The summed E-state index contributed by atoms with van der Waals surface area (Å²) in [6, 6.07) is 9.74. The van der Waals surface area contributed by atoms with Crippen molar-refractivity contribution >= 4 is 5.91 Å². The third-order valence-corrected chi connectivity index (χ3v) is 4.74. The molecule has 4 nitrogen and oxygen atoms in total. The number of halogens is 1. The minimum Gasteiger partial charge on any atom is -0.391 e. The molecule has 1 aromatic heterocycles. The average molecular weight is 342 g/mol. The maximum Gasteiger partial charge on any atom is 0.227 e. The van der Waals surface area contributed by atoms with E-state index in [0.717, 1.165) is 23.2 Å². The molecule has 2 heterocycles. The van der Waals surface area contributed by atoms with Crippen LogP contribution in [0.15, 0.2) is 42.6 Å². The second kappa shape index (κ2) is 7.74. The summed E-state index contributed by atoms with van der Waals surface area (Å²) in [6.45, 7) is 2.54. The van der Waals surface area contributed by atoms with E-state index in [1.807, 2.05) is 19.1 Å². The second-order valence-corrected chi connectivity index (χ2v) is 6.68.